The predicted molar refractivity (Wildman–Crippen MR) is 140 cm³/mol. The van der Waals surface area contributed by atoms with Crippen molar-refractivity contribution >= 4 is 34.0 Å². The van der Waals surface area contributed by atoms with Gasteiger partial charge in [-0.1, -0.05) is 47.7 Å². The van der Waals surface area contributed by atoms with E-state index in [1.165, 1.54) is 24.2 Å². The topological polar surface area (TPSA) is 99.7 Å². The van der Waals surface area contributed by atoms with Gasteiger partial charge in [0.2, 0.25) is 11.0 Å². The van der Waals surface area contributed by atoms with Crippen molar-refractivity contribution in [3.63, 3.8) is 0 Å². The van der Waals surface area contributed by atoms with Crippen molar-refractivity contribution in [3.8, 4) is 10.6 Å². The highest BCUT2D eigenvalue weighted by Crippen LogP contribution is 2.28. The quantitative estimate of drug-likeness (QED) is 0.459. The third-order valence-electron chi connectivity index (χ3n) is 6.45. The first-order valence-corrected chi connectivity index (χ1v) is 13.0. The molecule has 2 heterocycles. The molecule has 0 unspecified atom stereocenters. The molecule has 5 rings (SSSR count). The summed E-state index contributed by atoms with van der Waals surface area (Å²) >= 11 is 1.31. The summed E-state index contributed by atoms with van der Waals surface area (Å²) in [5, 5.41) is 15.2. The van der Waals surface area contributed by atoms with Gasteiger partial charge in [-0.2, -0.15) is 0 Å². The third kappa shape index (κ3) is 6.14. The van der Waals surface area contributed by atoms with Gasteiger partial charge in [0.25, 0.3) is 5.91 Å². The van der Waals surface area contributed by atoms with Crippen LogP contribution in [0.4, 0.5) is 10.8 Å². The van der Waals surface area contributed by atoms with Gasteiger partial charge in [0, 0.05) is 61.7 Å². The molecule has 1 aromatic heterocycles. The summed E-state index contributed by atoms with van der Waals surface area (Å²) in [6, 6.07) is 15.7. The fourth-order valence-electron chi connectivity index (χ4n) is 4.37. The first-order chi connectivity index (χ1) is 17.6. The van der Waals surface area contributed by atoms with Crippen LogP contribution in [0.2, 0.25) is 0 Å². The van der Waals surface area contributed by atoms with Gasteiger partial charge in [0.15, 0.2) is 0 Å². The Balaban J connectivity index is 1.22. The van der Waals surface area contributed by atoms with Crippen LogP contribution in [0.1, 0.15) is 28.8 Å². The zero-order valence-electron chi connectivity index (χ0n) is 20.3. The molecule has 1 saturated heterocycles. The van der Waals surface area contributed by atoms with E-state index in [2.05, 4.69) is 30.6 Å². The number of piperazine rings is 1. The lowest BCUT2D eigenvalue weighted by molar-refractivity contribution is -0.117. The van der Waals surface area contributed by atoms with Crippen LogP contribution in [0.5, 0.6) is 0 Å². The van der Waals surface area contributed by atoms with E-state index < -0.39 is 0 Å². The first-order valence-electron chi connectivity index (χ1n) is 12.2. The molecule has 188 valence electrons. The Morgan fingerprint density at radius 3 is 2.53 bits per heavy atom. The van der Waals surface area contributed by atoms with E-state index in [0.717, 1.165) is 48.4 Å². The molecule has 9 nitrogen and oxygen atoms in total. The van der Waals surface area contributed by atoms with Gasteiger partial charge in [-0.3, -0.25) is 24.7 Å². The number of amides is 2. The van der Waals surface area contributed by atoms with Crippen molar-refractivity contribution in [2.75, 3.05) is 50.5 Å². The van der Waals surface area contributed by atoms with Gasteiger partial charge >= 0.3 is 0 Å². The molecule has 2 aromatic carbocycles. The Morgan fingerprint density at radius 1 is 1.03 bits per heavy atom. The highest BCUT2D eigenvalue weighted by molar-refractivity contribution is 7.18. The minimum Gasteiger partial charge on any atom is -0.380 e. The average Bonchev–Trinajstić information content (AvgIpc) is 3.64. The second-order valence-electron chi connectivity index (χ2n) is 9.13. The number of rotatable bonds is 9. The molecule has 2 aliphatic rings. The summed E-state index contributed by atoms with van der Waals surface area (Å²) in [5.41, 5.74) is 2.75. The molecular weight excluding hydrogens is 476 g/mol. The van der Waals surface area contributed by atoms with E-state index in [4.69, 9.17) is 4.74 Å². The second kappa shape index (κ2) is 11.3. The summed E-state index contributed by atoms with van der Waals surface area (Å²) in [6.07, 6.45) is 2.61. The number of ether oxygens (including phenoxy) is 1. The summed E-state index contributed by atoms with van der Waals surface area (Å²) < 4.78 is 5.30. The maximum atomic E-state index is 12.9. The van der Waals surface area contributed by atoms with Crippen LogP contribution in [-0.2, 0) is 16.1 Å². The highest BCUT2D eigenvalue weighted by Gasteiger charge is 2.31. The first kappa shape index (κ1) is 24.5. The zero-order chi connectivity index (χ0) is 24.9. The van der Waals surface area contributed by atoms with E-state index in [0.29, 0.717) is 29.5 Å². The lowest BCUT2D eigenvalue weighted by Crippen LogP contribution is -2.49. The van der Waals surface area contributed by atoms with Crippen LogP contribution in [0.15, 0.2) is 48.5 Å². The van der Waals surface area contributed by atoms with Gasteiger partial charge in [0.05, 0.1) is 13.2 Å². The lowest BCUT2D eigenvalue weighted by Gasteiger charge is -2.34. The Kier molecular flexibility index (Phi) is 7.66. The molecule has 0 atom stereocenters. The molecular formula is C26H30N6O3S. The average molecular weight is 507 g/mol. The van der Waals surface area contributed by atoms with Gasteiger partial charge in [0.1, 0.15) is 5.01 Å². The van der Waals surface area contributed by atoms with E-state index >= 15 is 0 Å². The molecule has 36 heavy (non-hydrogen) atoms. The lowest BCUT2D eigenvalue weighted by atomic mass is 10.1. The number of benzene rings is 2. The number of anilines is 2. The zero-order valence-corrected chi connectivity index (χ0v) is 21.1. The van der Waals surface area contributed by atoms with Gasteiger partial charge in [-0.25, -0.2) is 0 Å². The van der Waals surface area contributed by atoms with E-state index in [-0.39, 0.29) is 11.8 Å². The molecule has 0 radical (unpaired) electrons. The molecule has 0 bridgehead atoms. The minimum atomic E-state index is -0.318. The van der Waals surface area contributed by atoms with Crippen LogP contribution < -0.4 is 10.6 Å². The van der Waals surface area contributed by atoms with Gasteiger partial charge in [-0.15, -0.1) is 10.2 Å². The monoisotopic (exact) mass is 506 g/mol. The number of carbonyl (C=O) groups excluding carboxylic acids is 2. The third-order valence-corrected chi connectivity index (χ3v) is 7.34. The van der Waals surface area contributed by atoms with Crippen molar-refractivity contribution in [2.45, 2.75) is 25.5 Å². The predicted octanol–water partition coefficient (Wildman–Crippen LogP) is 3.32. The normalized spacial score (nSPS) is 16.6. The molecule has 2 amide bonds. The van der Waals surface area contributed by atoms with Crippen LogP contribution in [0.25, 0.3) is 10.6 Å². The number of nitrogens with zero attached hydrogens (tertiary/aromatic N) is 4. The van der Waals surface area contributed by atoms with Gasteiger partial charge < -0.3 is 10.1 Å². The van der Waals surface area contributed by atoms with Gasteiger partial charge in [-0.05, 0) is 25.0 Å². The summed E-state index contributed by atoms with van der Waals surface area (Å²) in [5.74, 6) is -0.414. The highest BCUT2D eigenvalue weighted by atomic mass is 32.1. The van der Waals surface area contributed by atoms with E-state index in [9.17, 15) is 9.59 Å². The van der Waals surface area contributed by atoms with Crippen molar-refractivity contribution < 1.29 is 14.3 Å². The molecule has 3 aromatic rings. The summed E-state index contributed by atoms with van der Waals surface area (Å²) in [6.45, 7) is 4.47. The fraction of sp³-hybridized carbons (Fsp3) is 0.385. The second-order valence-corrected chi connectivity index (χ2v) is 10.1. The Hall–Kier alpha value is -3.18. The van der Waals surface area contributed by atoms with Crippen LogP contribution >= 0.6 is 11.3 Å². The smallest absolute Gasteiger partial charge is 0.257 e. The molecule has 0 spiro atoms. The van der Waals surface area contributed by atoms with Crippen molar-refractivity contribution in [1.29, 1.82) is 0 Å². The number of nitrogens with one attached hydrogen (secondary N) is 2. The molecule has 1 aliphatic carbocycles. The minimum absolute atomic E-state index is 0.0959. The largest absolute Gasteiger partial charge is 0.380 e. The van der Waals surface area contributed by atoms with Crippen LogP contribution in [-0.4, -0.2) is 77.7 Å². The maximum absolute atomic E-state index is 12.9. The summed E-state index contributed by atoms with van der Waals surface area (Å²) in [7, 11) is 1.60. The van der Waals surface area contributed by atoms with Crippen LogP contribution in [0, 0.1) is 0 Å². The molecule has 2 N–H and O–H groups in total. The number of aromatic nitrogens is 2. The number of hydrogen-bond acceptors (Lipinski definition) is 8. The molecule has 1 saturated carbocycles. The molecule has 2 fully saturated rings. The Labute approximate surface area is 214 Å². The SMILES string of the molecule is COCc1ccc(C(=O)Nc2nnc(-c3ccccc3)s2)cc1NC(=O)CN1CCN(C2CC2)CC1. The van der Waals surface area contributed by atoms with Crippen LogP contribution in [0.3, 0.4) is 0 Å². The summed E-state index contributed by atoms with van der Waals surface area (Å²) in [4.78, 5) is 30.5. The fourth-order valence-corrected chi connectivity index (χ4v) is 5.12. The number of carbonyl (C=O) groups is 2. The number of methoxy groups -OCH3 is 1. The maximum Gasteiger partial charge on any atom is 0.257 e. The van der Waals surface area contributed by atoms with Crippen molar-refractivity contribution in [1.82, 2.24) is 20.0 Å². The molecule has 1 aliphatic heterocycles. The Bertz CT molecular complexity index is 1210. The van der Waals surface area contributed by atoms with E-state index in [1.54, 1.807) is 25.3 Å². The van der Waals surface area contributed by atoms with Crippen molar-refractivity contribution in [3.05, 3.63) is 59.7 Å². The Morgan fingerprint density at radius 2 is 1.81 bits per heavy atom. The number of hydrogen-bond donors (Lipinski definition) is 2. The van der Waals surface area contributed by atoms with Crippen molar-refractivity contribution in [2.24, 2.45) is 0 Å². The standard InChI is InChI=1S/C26H30N6O3S/c1-35-17-20-8-7-19(24(34)28-26-30-29-25(36-26)18-5-3-2-4-6-18)15-22(20)27-23(33)16-31-11-13-32(14-12-31)21-9-10-21/h2-8,15,21H,9-14,16-17H2,1H3,(H,27,33)(H,28,30,34). The van der Waals surface area contributed by atoms with E-state index in [1.807, 2.05) is 30.3 Å². The molecule has 10 heteroatoms.